The number of hydrogen-bond donors (Lipinski definition) is 1. The van der Waals surface area contributed by atoms with Crippen molar-refractivity contribution >= 4 is 11.6 Å². The first-order chi connectivity index (χ1) is 8.61. The largest absolute Gasteiger partial charge is 0.329 e. The standard InChI is InChI=1S/C14H20ClFN2/c1-10-4-6-18(7-5-10)14(9-17)12-3-2-11(15)8-13(12)16/h2-3,8,10,14H,4-7,9,17H2,1H3. The molecule has 1 heterocycles. The highest BCUT2D eigenvalue weighted by atomic mass is 35.5. The fraction of sp³-hybridized carbons (Fsp3) is 0.571. The van der Waals surface area contributed by atoms with Crippen LogP contribution in [0.15, 0.2) is 18.2 Å². The van der Waals surface area contributed by atoms with Gasteiger partial charge < -0.3 is 5.73 Å². The van der Waals surface area contributed by atoms with E-state index < -0.39 is 0 Å². The van der Waals surface area contributed by atoms with E-state index >= 15 is 0 Å². The molecular formula is C14H20ClFN2. The lowest BCUT2D eigenvalue weighted by molar-refractivity contribution is 0.139. The Morgan fingerprint density at radius 1 is 1.44 bits per heavy atom. The lowest BCUT2D eigenvalue weighted by Gasteiger charge is -2.36. The summed E-state index contributed by atoms with van der Waals surface area (Å²) in [7, 11) is 0. The predicted octanol–water partition coefficient (Wildman–Crippen LogP) is 3.21. The zero-order chi connectivity index (χ0) is 13.1. The van der Waals surface area contributed by atoms with Gasteiger partial charge in [0, 0.05) is 23.2 Å². The van der Waals surface area contributed by atoms with Gasteiger partial charge in [-0.15, -0.1) is 0 Å². The van der Waals surface area contributed by atoms with Crippen molar-refractivity contribution in [2.75, 3.05) is 19.6 Å². The number of likely N-dealkylation sites (tertiary alicyclic amines) is 1. The van der Waals surface area contributed by atoms with Crippen molar-refractivity contribution in [1.29, 1.82) is 0 Å². The van der Waals surface area contributed by atoms with E-state index in [1.54, 1.807) is 12.1 Å². The predicted molar refractivity (Wildman–Crippen MR) is 73.2 cm³/mol. The molecule has 4 heteroatoms. The Labute approximate surface area is 113 Å². The molecule has 1 aliphatic heterocycles. The van der Waals surface area contributed by atoms with Gasteiger partial charge in [-0.05, 0) is 44.0 Å². The number of benzene rings is 1. The number of rotatable bonds is 3. The highest BCUT2D eigenvalue weighted by molar-refractivity contribution is 6.30. The second-order valence-corrected chi connectivity index (χ2v) is 5.57. The molecule has 1 saturated heterocycles. The number of nitrogens with two attached hydrogens (primary N) is 1. The van der Waals surface area contributed by atoms with Gasteiger partial charge in [0.2, 0.25) is 0 Å². The Morgan fingerprint density at radius 3 is 2.67 bits per heavy atom. The zero-order valence-electron chi connectivity index (χ0n) is 10.7. The number of nitrogens with zero attached hydrogens (tertiary/aromatic N) is 1. The summed E-state index contributed by atoms with van der Waals surface area (Å²) in [4.78, 5) is 2.28. The minimum absolute atomic E-state index is 0.0326. The molecule has 1 aliphatic rings. The molecule has 2 rings (SSSR count). The molecule has 0 aliphatic carbocycles. The van der Waals surface area contributed by atoms with E-state index in [4.69, 9.17) is 17.3 Å². The van der Waals surface area contributed by atoms with Crippen LogP contribution in [0.2, 0.25) is 5.02 Å². The molecular weight excluding hydrogens is 251 g/mol. The first kappa shape index (κ1) is 13.8. The summed E-state index contributed by atoms with van der Waals surface area (Å²) in [5.41, 5.74) is 6.50. The monoisotopic (exact) mass is 270 g/mol. The van der Waals surface area contributed by atoms with Gasteiger partial charge in [-0.2, -0.15) is 0 Å². The molecule has 0 amide bonds. The lowest BCUT2D eigenvalue weighted by Crippen LogP contribution is -2.39. The molecule has 0 radical (unpaired) electrons. The first-order valence-electron chi connectivity index (χ1n) is 6.51. The molecule has 100 valence electrons. The zero-order valence-corrected chi connectivity index (χ0v) is 11.5. The third-order valence-electron chi connectivity index (χ3n) is 3.80. The second-order valence-electron chi connectivity index (χ2n) is 5.14. The van der Waals surface area contributed by atoms with Crippen LogP contribution in [0.25, 0.3) is 0 Å². The van der Waals surface area contributed by atoms with Crippen molar-refractivity contribution in [3.05, 3.63) is 34.6 Å². The maximum Gasteiger partial charge on any atom is 0.129 e. The Morgan fingerprint density at radius 2 is 2.11 bits per heavy atom. The van der Waals surface area contributed by atoms with Crippen molar-refractivity contribution in [3.8, 4) is 0 Å². The van der Waals surface area contributed by atoms with E-state index in [1.807, 2.05) is 0 Å². The maximum atomic E-state index is 14.0. The molecule has 0 saturated carbocycles. The van der Waals surface area contributed by atoms with Crippen molar-refractivity contribution < 1.29 is 4.39 Å². The second kappa shape index (κ2) is 6.00. The Kier molecular flexibility index (Phi) is 4.60. The van der Waals surface area contributed by atoms with Crippen LogP contribution < -0.4 is 5.73 Å². The van der Waals surface area contributed by atoms with E-state index in [-0.39, 0.29) is 11.9 Å². The van der Waals surface area contributed by atoms with Crippen LogP contribution in [0, 0.1) is 11.7 Å². The summed E-state index contributed by atoms with van der Waals surface area (Å²) in [6, 6.07) is 4.82. The van der Waals surface area contributed by atoms with Crippen molar-refractivity contribution in [1.82, 2.24) is 4.90 Å². The molecule has 1 aromatic carbocycles. The highest BCUT2D eigenvalue weighted by Gasteiger charge is 2.25. The summed E-state index contributed by atoms with van der Waals surface area (Å²) < 4.78 is 14.0. The van der Waals surface area contributed by atoms with E-state index in [0.717, 1.165) is 31.8 Å². The minimum atomic E-state index is -0.253. The van der Waals surface area contributed by atoms with E-state index in [0.29, 0.717) is 17.1 Å². The van der Waals surface area contributed by atoms with Crippen LogP contribution >= 0.6 is 11.6 Å². The summed E-state index contributed by atoms with van der Waals surface area (Å²) in [5.74, 6) is 0.506. The van der Waals surface area contributed by atoms with Crippen molar-refractivity contribution in [3.63, 3.8) is 0 Å². The first-order valence-corrected chi connectivity index (χ1v) is 6.88. The molecule has 2 N–H and O–H groups in total. The normalized spacial score (nSPS) is 20.0. The van der Waals surface area contributed by atoms with Gasteiger partial charge in [0.1, 0.15) is 5.82 Å². The van der Waals surface area contributed by atoms with Crippen molar-refractivity contribution in [2.45, 2.75) is 25.8 Å². The average molecular weight is 271 g/mol. The third kappa shape index (κ3) is 3.02. The fourth-order valence-electron chi connectivity index (χ4n) is 2.58. The molecule has 0 aromatic heterocycles. The molecule has 2 nitrogen and oxygen atoms in total. The van der Waals surface area contributed by atoms with E-state index in [1.165, 1.54) is 6.07 Å². The van der Waals surface area contributed by atoms with E-state index in [9.17, 15) is 4.39 Å². The topological polar surface area (TPSA) is 29.3 Å². The number of piperidine rings is 1. The van der Waals surface area contributed by atoms with Gasteiger partial charge in [-0.25, -0.2) is 4.39 Å². The molecule has 1 fully saturated rings. The Hall–Kier alpha value is -0.640. The van der Waals surface area contributed by atoms with Gasteiger partial charge in [-0.3, -0.25) is 4.90 Å². The Bertz CT molecular complexity index is 403. The van der Waals surface area contributed by atoms with Gasteiger partial charge in [0.25, 0.3) is 0 Å². The number of hydrogen-bond acceptors (Lipinski definition) is 2. The van der Waals surface area contributed by atoms with Gasteiger partial charge in [0.05, 0.1) is 0 Å². The molecule has 18 heavy (non-hydrogen) atoms. The molecule has 0 spiro atoms. The summed E-state index contributed by atoms with van der Waals surface area (Å²) in [5, 5.41) is 0.430. The molecule has 1 atom stereocenters. The Balaban J connectivity index is 2.17. The quantitative estimate of drug-likeness (QED) is 0.914. The summed E-state index contributed by atoms with van der Waals surface area (Å²) in [6.45, 7) is 4.68. The minimum Gasteiger partial charge on any atom is -0.329 e. The lowest BCUT2D eigenvalue weighted by atomic mass is 9.95. The van der Waals surface area contributed by atoms with Gasteiger partial charge in [-0.1, -0.05) is 24.6 Å². The summed E-state index contributed by atoms with van der Waals surface area (Å²) in [6.07, 6.45) is 2.32. The van der Waals surface area contributed by atoms with Crippen LogP contribution in [-0.2, 0) is 0 Å². The van der Waals surface area contributed by atoms with Crippen LogP contribution in [0.3, 0.4) is 0 Å². The van der Waals surface area contributed by atoms with Crippen LogP contribution in [0.1, 0.15) is 31.4 Å². The van der Waals surface area contributed by atoms with Crippen LogP contribution in [-0.4, -0.2) is 24.5 Å². The van der Waals surface area contributed by atoms with Crippen molar-refractivity contribution in [2.24, 2.45) is 11.7 Å². The van der Waals surface area contributed by atoms with Crippen LogP contribution in [0.4, 0.5) is 4.39 Å². The molecule has 1 unspecified atom stereocenters. The van der Waals surface area contributed by atoms with Gasteiger partial charge in [0.15, 0.2) is 0 Å². The fourth-order valence-corrected chi connectivity index (χ4v) is 2.74. The number of halogens is 2. The summed E-state index contributed by atoms with van der Waals surface area (Å²) >= 11 is 5.78. The SMILES string of the molecule is CC1CCN(C(CN)c2ccc(Cl)cc2F)CC1. The third-order valence-corrected chi connectivity index (χ3v) is 4.04. The average Bonchev–Trinajstić information content (AvgIpc) is 2.35. The highest BCUT2D eigenvalue weighted by Crippen LogP contribution is 2.28. The van der Waals surface area contributed by atoms with Crippen LogP contribution in [0.5, 0.6) is 0 Å². The van der Waals surface area contributed by atoms with E-state index in [2.05, 4.69) is 11.8 Å². The maximum absolute atomic E-state index is 14.0. The molecule has 0 bridgehead atoms. The van der Waals surface area contributed by atoms with Gasteiger partial charge >= 0.3 is 0 Å². The molecule has 1 aromatic rings. The smallest absolute Gasteiger partial charge is 0.129 e.